The third-order valence-electron chi connectivity index (χ3n) is 7.05. The van der Waals surface area contributed by atoms with Crippen molar-refractivity contribution >= 4 is 23.6 Å². The Morgan fingerprint density at radius 1 is 1.35 bits per heavy atom. The van der Waals surface area contributed by atoms with E-state index in [1.807, 2.05) is 37.4 Å². The number of hydrogen-bond acceptors (Lipinski definition) is 4. The van der Waals surface area contributed by atoms with Gasteiger partial charge in [0.05, 0.1) is 0 Å². The van der Waals surface area contributed by atoms with Gasteiger partial charge in [0.25, 0.3) is 0 Å². The van der Waals surface area contributed by atoms with Crippen molar-refractivity contribution in [2.75, 3.05) is 18.1 Å². The van der Waals surface area contributed by atoms with Crippen molar-refractivity contribution in [2.45, 2.75) is 78.9 Å². The fourth-order valence-electron chi connectivity index (χ4n) is 5.33. The summed E-state index contributed by atoms with van der Waals surface area (Å²) in [6.07, 6.45) is 3.86. The zero-order chi connectivity index (χ0) is 19.3. The van der Waals surface area contributed by atoms with Crippen molar-refractivity contribution in [3.8, 4) is 0 Å². The second-order valence-electron chi connectivity index (χ2n) is 10.3. The molecule has 2 bridgehead atoms. The maximum atomic E-state index is 12.7. The van der Waals surface area contributed by atoms with Gasteiger partial charge in [-0.25, -0.2) is 4.79 Å². The molecule has 3 fully saturated rings. The van der Waals surface area contributed by atoms with E-state index in [0.717, 1.165) is 37.3 Å². The summed E-state index contributed by atoms with van der Waals surface area (Å²) in [5, 5.41) is 0. The first kappa shape index (κ1) is 20.0. The average molecular weight is 382 g/mol. The molecule has 0 N–H and O–H groups in total. The van der Waals surface area contributed by atoms with Crippen LogP contribution in [0.2, 0.25) is 0 Å². The molecule has 1 heterocycles. The molecule has 3 aliphatic rings. The van der Waals surface area contributed by atoms with E-state index in [2.05, 4.69) is 20.8 Å². The number of hydrogen-bond donors (Lipinski definition) is 0. The Morgan fingerprint density at radius 3 is 2.58 bits per heavy atom. The Labute approximate surface area is 162 Å². The molecule has 0 aromatic rings. The lowest BCUT2D eigenvalue weighted by atomic mass is 9.70. The predicted molar refractivity (Wildman–Crippen MR) is 106 cm³/mol. The lowest BCUT2D eigenvalue weighted by Crippen LogP contribution is -2.42. The summed E-state index contributed by atoms with van der Waals surface area (Å²) in [7, 11) is 0. The Hall–Kier alpha value is -0.710. The first-order valence-electron chi connectivity index (χ1n) is 10.1. The number of amides is 1. The maximum absolute atomic E-state index is 12.7. The van der Waals surface area contributed by atoms with E-state index in [-0.39, 0.29) is 23.0 Å². The van der Waals surface area contributed by atoms with Gasteiger partial charge in [-0.2, -0.15) is 11.8 Å². The van der Waals surface area contributed by atoms with E-state index in [1.54, 1.807) is 0 Å². The van der Waals surface area contributed by atoms with Crippen LogP contribution in [0.15, 0.2) is 0 Å². The lowest BCUT2D eigenvalue weighted by Gasteiger charge is -2.37. The van der Waals surface area contributed by atoms with Crippen molar-refractivity contribution < 1.29 is 14.3 Å². The van der Waals surface area contributed by atoms with Crippen LogP contribution in [0.5, 0.6) is 0 Å². The first-order chi connectivity index (χ1) is 12.0. The second-order valence-corrected chi connectivity index (χ2v) is 11.3. The monoisotopic (exact) mass is 381 g/mol. The smallest absolute Gasteiger partial charge is 0.410 e. The number of thioether (sulfide) groups is 1. The molecule has 4 nitrogen and oxygen atoms in total. The topological polar surface area (TPSA) is 46.6 Å². The van der Waals surface area contributed by atoms with Crippen LogP contribution in [0.1, 0.15) is 67.2 Å². The van der Waals surface area contributed by atoms with Crippen molar-refractivity contribution in [1.82, 2.24) is 4.90 Å². The van der Waals surface area contributed by atoms with E-state index >= 15 is 0 Å². The van der Waals surface area contributed by atoms with Gasteiger partial charge in [0.1, 0.15) is 11.4 Å². The SMILES string of the molecule is C[C@@H]1C[C@@H](CSC[C@]23CCC(CC2=O)C3(C)C)N(C(=O)OC(C)(C)C)C1. The van der Waals surface area contributed by atoms with E-state index in [9.17, 15) is 9.59 Å². The van der Waals surface area contributed by atoms with Gasteiger partial charge >= 0.3 is 6.09 Å². The number of ketones is 1. The van der Waals surface area contributed by atoms with E-state index in [1.165, 1.54) is 6.42 Å². The molecule has 0 aromatic heterocycles. The molecule has 148 valence electrons. The van der Waals surface area contributed by atoms with Crippen molar-refractivity contribution in [3.63, 3.8) is 0 Å². The van der Waals surface area contributed by atoms with Gasteiger partial charge in [0.2, 0.25) is 0 Å². The molecular formula is C21H35NO3S. The van der Waals surface area contributed by atoms with Crippen LogP contribution in [-0.4, -0.2) is 46.5 Å². The van der Waals surface area contributed by atoms with Crippen LogP contribution in [0, 0.1) is 22.7 Å². The molecule has 1 unspecified atom stereocenters. The van der Waals surface area contributed by atoms with E-state index in [4.69, 9.17) is 4.74 Å². The molecule has 0 spiro atoms. The van der Waals surface area contributed by atoms with Gasteiger partial charge in [0.15, 0.2) is 0 Å². The number of likely N-dealkylation sites (tertiary alicyclic amines) is 1. The number of Topliss-reactive ketones (excluding diaryl/α,β-unsaturated/α-hetero) is 1. The van der Waals surface area contributed by atoms with Crippen LogP contribution in [0.4, 0.5) is 4.79 Å². The number of rotatable bonds is 4. The summed E-state index contributed by atoms with van der Waals surface area (Å²) >= 11 is 1.87. The molecule has 1 aliphatic heterocycles. The normalized spacial score (nSPS) is 36.0. The Balaban J connectivity index is 1.60. The van der Waals surface area contributed by atoms with Gasteiger partial charge in [0, 0.05) is 35.9 Å². The minimum absolute atomic E-state index is 0.130. The van der Waals surface area contributed by atoms with Gasteiger partial charge in [-0.05, 0) is 57.3 Å². The molecular weight excluding hydrogens is 346 g/mol. The average Bonchev–Trinajstić information content (AvgIpc) is 3.04. The van der Waals surface area contributed by atoms with Crippen molar-refractivity contribution in [2.24, 2.45) is 22.7 Å². The fraction of sp³-hybridized carbons (Fsp3) is 0.905. The maximum Gasteiger partial charge on any atom is 0.410 e. The summed E-state index contributed by atoms with van der Waals surface area (Å²) in [5.41, 5.74) is -0.465. The quantitative estimate of drug-likeness (QED) is 0.704. The highest BCUT2D eigenvalue weighted by Gasteiger charge is 2.63. The number of ether oxygens (including phenoxy) is 1. The molecule has 2 saturated carbocycles. The molecule has 2 aliphatic carbocycles. The fourth-order valence-corrected chi connectivity index (χ4v) is 7.06. The Bertz CT molecular complexity index is 582. The van der Waals surface area contributed by atoms with Gasteiger partial charge in [-0.1, -0.05) is 20.8 Å². The van der Waals surface area contributed by atoms with Crippen LogP contribution in [0.25, 0.3) is 0 Å². The summed E-state index contributed by atoms with van der Waals surface area (Å²) in [6, 6.07) is 0.220. The number of carbonyl (C=O) groups is 2. The summed E-state index contributed by atoms with van der Waals surface area (Å²) < 4.78 is 5.60. The minimum Gasteiger partial charge on any atom is -0.444 e. The van der Waals surface area contributed by atoms with Gasteiger partial charge in [-0.3, -0.25) is 4.79 Å². The van der Waals surface area contributed by atoms with Crippen LogP contribution >= 0.6 is 11.8 Å². The molecule has 1 saturated heterocycles. The highest BCUT2D eigenvalue weighted by Crippen LogP contribution is 2.64. The van der Waals surface area contributed by atoms with Crippen molar-refractivity contribution in [1.29, 1.82) is 0 Å². The Kier molecular flexibility index (Phi) is 5.18. The van der Waals surface area contributed by atoms with Gasteiger partial charge in [-0.15, -0.1) is 0 Å². The van der Waals surface area contributed by atoms with Crippen LogP contribution in [0.3, 0.4) is 0 Å². The summed E-state index contributed by atoms with van der Waals surface area (Å²) in [6.45, 7) is 13.3. The summed E-state index contributed by atoms with van der Waals surface area (Å²) in [5.74, 6) is 3.36. The van der Waals surface area contributed by atoms with Crippen LogP contribution < -0.4 is 0 Å². The van der Waals surface area contributed by atoms with E-state index in [0.29, 0.717) is 17.6 Å². The third kappa shape index (κ3) is 3.41. The molecule has 1 amide bonds. The zero-order valence-electron chi connectivity index (χ0n) is 17.3. The molecule has 3 rings (SSSR count). The lowest BCUT2D eigenvalue weighted by molar-refractivity contribution is -0.127. The van der Waals surface area contributed by atoms with E-state index < -0.39 is 5.60 Å². The van der Waals surface area contributed by atoms with Crippen LogP contribution in [-0.2, 0) is 9.53 Å². The molecule has 5 heteroatoms. The first-order valence-corrected chi connectivity index (χ1v) is 11.2. The highest BCUT2D eigenvalue weighted by atomic mass is 32.2. The largest absolute Gasteiger partial charge is 0.444 e. The standard InChI is InChI=1S/C21H35NO3S/c1-14-9-16(22(11-14)18(24)25-19(2,3)4)12-26-13-21-8-7-15(10-17(21)23)20(21,5)6/h14-16H,7-13H2,1-6H3/t14-,15?,16+,21-/m1/s1. The molecule has 26 heavy (non-hydrogen) atoms. The minimum atomic E-state index is -0.460. The van der Waals surface area contributed by atoms with Gasteiger partial charge < -0.3 is 9.64 Å². The van der Waals surface area contributed by atoms with Crippen molar-refractivity contribution in [3.05, 3.63) is 0 Å². The number of carbonyl (C=O) groups excluding carboxylic acids is 2. The predicted octanol–water partition coefficient (Wildman–Crippen LogP) is 4.76. The highest BCUT2D eigenvalue weighted by molar-refractivity contribution is 7.99. The molecule has 0 aromatic carbocycles. The number of nitrogens with zero attached hydrogens (tertiary/aromatic N) is 1. The summed E-state index contributed by atoms with van der Waals surface area (Å²) in [4.78, 5) is 27.2. The molecule has 0 radical (unpaired) electrons. The second kappa shape index (κ2) is 6.72. The number of fused-ring (bicyclic) bond motifs is 2. The zero-order valence-corrected chi connectivity index (χ0v) is 18.1. The Morgan fingerprint density at radius 2 is 2.04 bits per heavy atom. The molecule has 4 atom stereocenters. The third-order valence-corrected chi connectivity index (χ3v) is 8.37.